The van der Waals surface area contributed by atoms with Gasteiger partial charge < -0.3 is 15.5 Å². The number of anilines is 2. The van der Waals surface area contributed by atoms with Gasteiger partial charge in [0, 0.05) is 7.05 Å². The lowest BCUT2D eigenvalue weighted by Crippen LogP contribution is -2.38. The van der Waals surface area contributed by atoms with Crippen LogP contribution >= 0.6 is 11.6 Å². The standard InChI is InChI=1S/C18H19ClFN3O2/c1-12-7-8-16(14(20)9-12)21-10-18(25)23(2)11-17(24)22-15-6-4-3-5-13(15)19/h3-9,21H,10-11H2,1-2H3,(H,22,24). The molecular formula is C18H19ClFN3O2. The third-order valence-corrected chi connectivity index (χ3v) is 3.84. The average Bonchev–Trinajstić information content (AvgIpc) is 2.55. The molecule has 0 aromatic heterocycles. The lowest BCUT2D eigenvalue weighted by atomic mass is 10.2. The predicted octanol–water partition coefficient (Wildman–Crippen LogP) is 3.30. The number of para-hydroxylation sites is 1. The van der Waals surface area contributed by atoms with Crippen molar-refractivity contribution >= 4 is 34.8 Å². The van der Waals surface area contributed by atoms with Crippen LogP contribution in [0.15, 0.2) is 42.5 Å². The predicted molar refractivity (Wildman–Crippen MR) is 97.3 cm³/mol. The molecule has 2 N–H and O–H groups in total. The summed E-state index contributed by atoms with van der Waals surface area (Å²) in [5.74, 6) is -1.13. The first-order valence-electron chi connectivity index (χ1n) is 7.65. The molecule has 0 aliphatic carbocycles. The van der Waals surface area contributed by atoms with Gasteiger partial charge in [0.15, 0.2) is 0 Å². The van der Waals surface area contributed by atoms with E-state index in [0.29, 0.717) is 10.7 Å². The van der Waals surface area contributed by atoms with Crippen LogP contribution in [0.2, 0.25) is 5.02 Å². The second-order valence-corrected chi connectivity index (χ2v) is 6.02. The van der Waals surface area contributed by atoms with Crippen molar-refractivity contribution in [2.45, 2.75) is 6.92 Å². The van der Waals surface area contributed by atoms with Gasteiger partial charge >= 0.3 is 0 Å². The minimum absolute atomic E-state index is 0.115. The summed E-state index contributed by atoms with van der Waals surface area (Å²) in [4.78, 5) is 25.3. The quantitative estimate of drug-likeness (QED) is 0.827. The van der Waals surface area contributed by atoms with Crippen molar-refractivity contribution in [2.75, 3.05) is 30.8 Å². The third kappa shape index (κ3) is 5.46. The van der Waals surface area contributed by atoms with E-state index < -0.39 is 5.82 Å². The molecule has 0 aliphatic heterocycles. The van der Waals surface area contributed by atoms with Gasteiger partial charge in [-0.1, -0.05) is 29.8 Å². The first kappa shape index (κ1) is 18.7. The van der Waals surface area contributed by atoms with Crippen molar-refractivity contribution in [1.29, 1.82) is 0 Å². The Kier molecular flexibility index (Phi) is 6.36. The van der Waals surface area contributed by atoms with Gasteiger partial charge in [-0.15, -0.1) is 0 Å². The Bertz CT molecular complexity index is 783. The monoisotopic (exact) mass is 363 g/mol. The zero-order valence-electron chi connectivity index (χ0n) is 14.0. The van der Waals surface area contributed by atoms with Crippen LogP contribution < -0.4 is 10.6 Å². The first-order chi connectivity index (χ1) is 11.9. The van der Waals surface area contributed by atoms with Gasteiger partial charge in [-0.2, -0.15) is 0 Å². The number of amides is 2. The van der Waals surface area contributed by atoms with Crippen molar-refractivity contribution < 1.29 is 14.0 Å². The van der Waals surface area contributed by atoms with Crippen LogP contribution in [0, 0.1) is 12.7 Å². The fourth-order valence-electron chi connectivity index (χ4n) is 2.13. The number of nitrogens with one attached hydrogen (secondary N) is 2. The molecule has 0 saturated heterocycles. The summed E-state index contributed by atoms with van der Waals surface area (Å²) in [7, 11) is 1.50. The van der Waals surface area contributed by atoms with E-state index >= 15 is 0 Å². The highest BCUT2D eigenvalue weighted by Crippen LogP contribution is 2.20. The second-order valence-electron chi connectivity index (χ2n) is 5.61. The first-order valence-corrected chi connectivity index (χ1v) is 8.03. The summed E-state index contributed by atoms with van der Waals surface area (Å²) < 4.78 is 13.7. The van der Waals surface area contributed by atoms with Crippen LogP contribution in [0.5, 0.6) is 0 Å². The van der Waals surface area contributed by atoms with Gasteiger partial charge in [0.25, 0.3) is 0 Å². The fraction of sp³-hybridized carbons (Fsp3) is 0.222. The van der Waals surface area contributed by atoms with Crippen molar-refractivity contribution in [3.05, 3.63) is 58.9 Å². The smallest absolute Gasteiger partial charge is 0.244 e. The SMILES string of the molecule is Cc1ccc(NCC(=O)N(C)CC(=O)Nc2ccccc2Cl)c(F)c1. The highest BCUT2D eigenvalue weighted by atomic mass is 35.5. The number of likely N-dealkylation sites (N-methyl/N-ethyl adjacent to an activating group) is 1. The molecule has 7 heteroatoms. The molecule has 2 amide bonds. The Labute approximate surface area is 150 Å². The minimum Gasteiger partial charge on any atom is -0.374 e. The molecule has 132 valence electrons. The average molecular weight is 364 g/mol. The number of rotatable bonds is 6. The Morgan fingerprint density at radius 2 is 1.88 bits per heavy atom. The van der Waals surface area contributed by atoms with Gasteiger partial charge in [0.05, 0.1) is 29.5 Å². The van der Waals surface area contributed by atoms with Crippen molar-refractivity contribution in [3.63, 3.8) is 0 Å². The number of halogens is 2. The van der Waals surface area contributed by atoms with Crippen LogP contribution in [-0.4, -0.2) is 36.9 Å². The summed E-state index contributed by atoms with van der Waals surface area (Å²) in [6.45, 7) is 1.53. The van der Waals surface area contributed by atoms with Crippen molar-refractivity contribution in [1.82, 2.24) is 4.90 Å². The lowest BCUT2D eigenvalue weighted by Gasteiger charge is -2.18. The molecule has 0 saturated carbocycles. The van der Waals surface area contributed by atoms with Gasteiger partial charge in [0.1, 0.15) is 5.82 Å². The van der Waals surface area contributed by atoms with E-state index in [2.05, 4.69) is 10.6 Å². The van der Waals surface area contributed by atoms with Gasteiger partial charge in [-0.25, -0.2) is 4.39 Å². The zero-order valence-corrected chi connectivity index (χ0v) is 14.7. The van der Waals surface area contributed by atoms with Crippen LogP contribution in [-0.2, 0) is 9.59 Å². The van der Waals surface area contributed by atoms with E-state index in [1.54, 1.807) is 43.3 Å². The van der Waals surface area contributed by atoms with Gasteiger partial charge in [-0.3, -0.25) is 9.59 Å². The molecule has 2 aromatic rings. The van der Waals surface area contributed by atoms with Crippen molar-refractivity contribution in [2.24, 2.45) is 0 Å². The van der Waals surface area contributed by atoms with E-state index in [4.69, 9.17) is 11.6 Å². The van der Waals surface area contributed by atoms with Gasteiger partial charge in [-0.05, 0) is 36.8 Å². The Hall–Kier alpha value is -2.60. The number of nitrogens with zero attached hydrogens (tertiary/aromatic N) is 1. The molecule has 0 aliphatic rings. The summed E-state index contributed by atoms with van der Waals surface area (Å²) >= 11 is 5.97. The molecule has 2 rings (SSSR count). The molecule has 0 fully saturated rings. The van der Waals surface area contributed by atoms with Crippen LogP contribution in [0.4, 0.5) is 15.8 Å². The summed E-state index contributed by atoms with van der Waals surface area (Å²) in [5, 5.41) is 5.79. The summed E-state index contributed by atoms with van der Waals surface area (Å²) in [6.07, 6.45) is 0. The summed E-state index contributed by atoms with van der Waals surface area (Å²) in [6, 6.07) is 11.5. The third-order valence-electron chi connectivity index (χ3n) is 3.51. The van der Waals surface area contributed by atoms with Crippen molar-refractivity contribution in [3.8, 4) is 0 Å². The van der Waals surface area contributed by atoms with Crippen LogP contribution in [0.3, 0.4) is 0 Å². The van der Waals surface area contributed by atoms with Gasteiger partial charge in [0.2, 0.25) is 11.8 Å². The van der Waals surface area contributed by atoms with E-state index in [-0.39, 0.29) is 30.6 Å². The fourth-order valence-corrected chi connectivity index (χ4v) is 2.31. The molecule has 0 spiro atoms. The molecule has 5 nitrogen and oxygen atoms in total. The zero-order chi connectivity index (χ0) is 18.4. The normalized spacial score (nSPS) is 10.2. The topological polar surface area (TPSA) is 61.4 Å². The summed E-state index contributed by atoms with van der Waals surface area (Å²) in [5.41, 5.74) is 1.52. The Morgan fingerprint density at radius 1 is 1.16 bits per heavy atom. The second kappa shape index (κ2) is 8.48. The number of hydrogen-bond donors (Lipinski definition) is 2. The number of carbonyl (C=O) groups is 2. The Balaban J connectivity index is 1.85. The molecule has 0 bridgehead atoms. The maximum absolute atomic E-state index is 13.7. The lowest BCUT2D eigenvalue weighted by molar-refractivity contribution is -0.131. The number of hydrogen-bond acceptors (Lipinski definition) is 3. The van der Waals surface area contributed by atoms with E-state index in [1.807, 2.05) is 0 Å². The van der Waals surface area contributed by atoms with Crippen LogP contribution in [0.1, 0.15) is 5.56 Å². The highest BCUT2D eigenvalue weighted by molar-refractivity contribution is 6.33. The highest BCUT2D eigenvalue weighted by Gasteiger charge is 2.14. The molecular weight excluding hydrogens is 345 g/mol. The molecule has 25 heavy (non-hydrogen) atoms. The van der Waals surface area contributed by atoms with Crippen LogP contribution in [0.25, 0.3) is 0 Å². The maximum Gasteiger partial charge on any atom is 0.244 e. The van der Waals surface area contributed by atoms with E-state index in [9.17, 15) is 14.0 Å². The number of benzene rings is 2. The molecule has 2 aromatic carbocycles. The number of carbonyl (C=O) groups excluding carboxylic acids is 2. The van der Waals surface area contributed by atoms with E-state index in [1.165, 1.54) is 18.0 Å². The molecule has 0 atom stereocenters. The Morgan fingerprint density at radius 3 is 2.56 bits per heavy atom. The largest absolute Gasteiger partial charge is 0.374 e. The molecule has 0 radical (unpaired) electrons. The molecule has 0 unspecified atom stereocenters. The van der Waals surface area contributed by atoms with E-state index in [0.717, 1.165) is 5.56 Å². The maximum atomic E-state index is 13.7. The number of aryl methyl sites for hydroxylation is 1. The minimum atomic E-state index is -0.424. The molecule has 0 heterocycles.